The van der Waals surface area contributed by atoms with Crippen LogP contribution in [0.25, 0.3) is 0 Å². The molecule has 23 heavy (non-hydrogen) atoms. The smallest absolute Gasteiger partial charge is 0.150 e. The molecule has 0 radical (unpaired) electrons. The number of anilines is 1. The van der Waals surface area contributed by atoms with Crippen molar-refractivity contribution < 1.29 is 13.5 Å². The maximum Gasteiger partial charge on any atom is 0.150 e. The predicted octanol–water partition coefficient (Wildman–Crippen LogP) is 2.75. The Morgan fingerprint density at radius 1 is 1.22 bits per heavy atom. The van der Waals surface area contributed by atoms with Gasteiger partial charge in [-0.3, -0.25) is 0 Å². The van der Waals surface area contributed by atoms with Gasteiger partial charge in [0, 0.05) is 32.3 Å². The predicted molar refractivity (Wildman–Crippen MR) is 83.1 cm³/mol. The summed E-state index contributed by atoms with van der Waals surface area (Å²) in [6.45, 7) is 4.60. The van der Waals surface area contributed by atoms with Gasteiger partial charge in [0.1, 0.15) is 5.69 Å². The fourth-order valence-electron chi connectivity index (χ4n) is 3.33. The topological polar surface area (TPSA) is 48.3 Å². The van der Waals surface area contributed by atoms with Gasteiger partial charge in [-0.15, -0.1) is 0 Å². The Bertz CT molecular complexity index is 565. The lowest BCUT2D eigenvalue weighted by molar-refractivity contribution is 0.154. The van der Waals surface area contributed by atoms with Crippen molar-refractivity contribution in [3.05, 3.63) is 29.3 Å². The van der Waals surface area contributed by atoms with E-state index in [1.807, 2.05) is 0 Å². The number of piperidine rings is 1. The van der Waals surface area contributed by atoms with Gasteiger partial charge in [-0.2, -0.15) is 5.26 Å². The highest BCUT2D eigenvalue weighted by molar-refractivity contribution is 5.51. The molecule has 4 nitrogen and oxygen atoms in total. The van der Waals surface area contributed by atoms with E-state index < -0.39 is 11.6 Å². The van der Waals surface area contributed by atoms with Gasteiger partial charge in [-0.25, -0.2) is 8.78 Å². The third-order valence-corrected chi connectivity index (χ3v) is 4.65. The molecule has 2 fully saturated rings. The maximum atomic E-state index is 13.9. The van der Waals surface area contributed by atoms with Crippen LogP contribution in [-0.4, -0.2) is 43.8 Å². The first-order chi connectivity index (χ1) is 11.2. The lowest BCUT2D eigenvalue weighted by Crippen LogP contribution is -2.41. The van der Waals surface area contributed by atoms with Crippen molar-refractivity contribution >= 4 is 5.69 Å². The normalized spacial score (nSPS) is 22.9. The molecular formula is C17H21F2N3O. The summed E-state index contributed by atoms with van der Waals surface area (Å²) in [6, 6.07) is 3.95. The van der Waals surface area contributed by atoms with E-state index in [1.165, 1.54) is 0 Å². The van der Waals surface area contributed by atoms with Crippen LogP contribution in [0.2, 0.25) is 0 Å². The van der Waals surface area contributed by atoms with Crippen molar-refractivity contribution in [2.75, 3.05) is 38.2 Å². The van der Waals surface area contributed by atoms with E-state index in [9.17, 15) is 8.78 Å². The van der Waals surface area contributed by atoms with E-state index in [0.717, 1.165) is 64.2 Å². The van der Waals surface area contributed by atoms with Crippen molar-refractivity contribution in [2.24, 2.45) is 5.92 Å². The molecule has 2 aliphatic rings. The Labute approximate surface area is 135 Å². The summed E-state index contributed by atoms with van der Waals surface area (Å²) < 4.78 is 33.2. The minimum Gasteiger partial charge on any atom is -0.381 e. The standard InChI is InChI=1S/C17H21F2N3O/c18-15-7-13(9-20)8-16(19)17(15)21-14-1-4-22(5-2-14)10-12-3-6-23-11-12/h7-8,12,14,21H,1-6,10-11H2. The third kappa shape index (κ3) is 3.98. The zero-order valence-corrected chi connectivity index (χ0v) is 13.0. The maximum absolute atomic E-state index is 13.9. The highest BCUT2D eigenvalue weighted by Crippen LogP contribution is 2.24. The van der Waals surface area contributed by atoms with Crippen LogP contribution < -0.4 is 5.32 Å². The molecule has 124 valence electrons. The Morgan fingerprint density at radius 3 is 2.48 bits per heavy atom. The third-order valence-electron chi connectivity index (χ3n) is 4.65. The molecular weight excluding hydrogens is 300 g/mol. The van der Waals surface area contributed by atoms with Gasteiger partial charge < -0.3 is 15.0 Å². The van der Waals surface area contributed by atoms with Gasteiger partial charge in [0.15, 0.2) is 11.6 Å². The minimum absolute atomic E-state index is 0.000785. The molecule has 0 spiro atoms. The summed E-state index contributed by atoms with van der Waals surface area (Å²) in [4.78, 5) is 2.41. The van der Waals surface area contributed by atoms with E-state index in [0.29, 0.717) is 5.92 Å². The quantitative estimate of drug-likeness (QED) is 0.926. The van der Waals surface area contributed by atoms with Crippen LogP contribution in [0.15, 0.2) is 12.1 Å². The molecule has 1 aromatic carbocycles. The Morgan fingerprint density at radius 2 is 1.91 bits per heavy atom. The average Bonchev–Trinajstić information content (AvgIpc) is 3.05. The molecule has 1 atom stereocenters. The zero-order chi connectivity index (χ0) is 16.2. The summed E-state index contributed by atoms with van der Waals surface area (Å²) >= 11 is 0. The van der Waals surface area contributed by atoms with Crippen LogP contribution in [0.3, 0.4) is 0 Å². The van der Waals surface area contributed by atoms with Gasteiger partial charge >= 0.3 is 0 Å². The minimum atomic E-state index is -0.702. The van der Waals surface area contributed by atoms with Crippen LogP contribution >= 0.6 is 0 Å². The van der Waals surface area contributed by atoms with Crippen molar-refractivity contribution in [3.63, 3.8) is 0 Å². The lowest BCUT2D eigenvalue weighted by atomic mass is 10.0. The summed E-state index contributed by atoms with van der Waals surface area (Å²) in [5.41, 5.74) is -0.120. The fourth-order valence-corrected chi connectivity index (χ4v) is 3.33. The van der Waals surface area contributed by atoms with Gasteiger partial charge in [0.05, 0.1) is 18.2 Å². The van der Waals surface area contributed by atoms with E-state index in [1.54, 1.807) is 6.07 Å². The molecule has 3 rings (SSSR count). The molecule has 0 amide bonds. The average molecular weight is 321 g/mol. The first kappa shape index (κ1) is 16.2. The van der Waals surface area contributed by atoms with Gasteiger partial charge in [-0.05, 0) is 37.3 Å². The van der Waals surface area contributed by atoms with Gasteiger partial charge in [0.25, 0.3) is 0 Å². The van der Waals surface area contributed by atoms with E-state index >= 15 is 0 Å². The van der Waals surface area contributed by atoms with Crippen LogP contribution in [0.5, 0.6) is 0 Å². The monoisotopic (exact) mass is 321 g/mol. The van der Waals surface area contributed by atoms with Crippen LogP contribution in [-0.2, 0) is 4.74 Å². The summed E-state index contributed by atoms with van der Waals surface area (Å²) in [7, 11) is 0. The van der Waals surface area contributed by atoms with Crippen molar-refractivity contribution in [1.82, 2.24) is 4.90 Å². The summed E-state index contributed by atoms with van der Waals surface area (Å²) in [6.07, 6.45) is 2.83. The van der Waals surface area contributed by atoms with Gasteiger partial charge in [-0.1, -0.05) is 0 Å². The first-order valence-corrected chi connectivity index (χ1v) is 8.11. The summed E-state index contributed by atoms with van der Waals surface area (Å²) in [5, 5.41) is 11.7. The number of benzene rings is 1. The molecule has 6 heteroatoms. The molecule has 0 aliphatic carbocycles. The van der Waals surface area contributed by atoms with Crippen molar-refractivity contribution in [3.8, 4) is 6.07 Å². The number of hydrogen-bond donors (Lipinski definition) is 1. The number of ether oxygens (including phenoxy) is 1. The summed E-state index contributed by atoms with van der Waals surface area (Å²) in [5.74, 6) is -0.785. The molecule has 2 heterocycles. The number of rotatable bonds is 4. The van der Waals surface area contributed by atoms with Crippen molar-refractivity contribution in [2.45, 2.75) is 25.3 Å². The number of nitriles is 1. The van der Waals surface area contributed by atoms with E-state index in [-0.39, 0.29) is 17.3 Å². The fraction of sp³-hybridized carbons (Fsp3) is 0.588. The molecule has 2 saturated heterocycles. The largest absolute Gasteiger partial charge is 0.381 e. The van der Waals surface area contributed by atoms with Crippen LogP contribution in [0, 0.1) is 28.9 Å². The first-order valence-electron chi connectivity index (χ1n) is 8.11. The van der Waals surface area contributed by atoms with Crippen molar-refractivity contribution in [1.29, 1.82) is 5.26 Å². The van der Waals surface area contributed by atoms with Crippen LogP contribution in [0.1, 0.15) is 24.8 Å². The number of hydrogen-bond acceptors (Lipinski definition) is 4. The molecule has 1 unspecified atom stereocenters. The molecule has 0 aromatic heterocycles. The number of nitrogens with one attached hydrogen (secondary N) is 1. The Hall–Kier alpha value is -1.71. The van der Waals surface area contributed by atoms with Crippen LogP contribution in [0.4, 0.5) is 14.5 Å². The van der Waals surface area contributed by atoms with Gasteiger partial charge in [0.2, 0.25) is 0 Å². The molecule has 0 saturated carbocycles. The van der Waals surface area contributed by atoms with E-state index in [4.69, 9.17) is 10.00 Å². The molecule has 0 bridgehead atoms. The number of halogens is 2. The Balaban J connectivity index is 1.53. The van der Waals surface area contributed by atoms with E-state index in [2.05, 4.69) is 10.2 Å². The second kappa shape index (κ2) is 7.24. The zero-order valence-electron chi connectivity index (χ0n) is 13.0. The molecule has 1 aromatic rings. The SMILES string of the molecule is N#Cc1cc(F)c(NC2CCN(CC3CCOC3)CC2)c(F)c1. The molecule has 1 N–H and O–H groups in total. The highest BCUT2D eigenvalue weighted by atomic mass is 19.1. The lowest BCUT2D eigenvalue weighted by Gasteiger charge is -2.34. The Kier molecular flexibility index (Phi) is 5.09. The highest BCUT2D eigenvalue weighted by Gasteiger charge is 2.25. The number of nitrogens with zero attached hydrogens (tertiary/aromatic N) is 2. The second-order valence-corrected chi connectivity index (χ2v) is 6.38. The second-order valence-electron chi connectivity index (χ2n) is 6.38. The molecule has 2 aliphatic heterocycles. The number of likely N-dealkylation sites (tertiary alicyclic amines) is 1.